The largest absolute Gasteiger partial charge is 0.454 e. The van der Waals surface area contributed by atoms with Crippen LogP contribution in [0.15, 0.2) is 150 Å². The fraction of sp³-hybridized carbons (Fsp3) is 0.109. The lowest BCUT2D eigenvalue weighted by Gasteiger charge is -2.19. The number of hydrogen-bond acceptors (Lipinski definition) is 2. The van der Waals surface area contributed by atoms with E-state index in [-0.39, 0.29) is 0 Å². The number of furan rings is 1. The Labute approximate surface area is 284 Å². The predicted molar refractivity (Wildman–Crippen MR) is 206 cm³/mol. The molecule has 3 heterocycles. The van der Waals surface area contributed by atoms with Gasteiger partial charge in [-0.2, -0.15) is 0 Å². The summed E-state index contributed by atoms with van der Waals surface area (Å²) in [7, 11) is 0. The molecular weight excluding hydrogens is 597 g/mol. The Morgan fingerprint density at radius 1 is 0.694 bits per heavy atom. The third-order valence-electron chi connectivity index (χ3n) is 10.5. The van der Waals surface area contributed by atoms with Gasteiger partial charge in [-0.05, 0) is 94.6 Å². The van der Waals surface area contributed by atoms with E-state index in [1.54, 1.807) is 0 Å². The number of benzene rings is 5. The zero-order valence-electron chi connectivity index (χ0n) is 27.4. The molecule has 0 N–H and O–H groups in total. The van der Waals surface area contributed by atoms with Gasteiger partial charge in [0.1, 0.15) is 5.58 Å². The summed E-state index contributed by atoms with van der Waals surface area (Å²) in [6, 6.07) is 39.5. The number of allylic oxidation sites excluding steroid dienone is 8. The molecule has 0 bridgehead atoms. The van der Waals surface area contributed by atoms with Crippen LogP contribution in [0.25, 0.3) is 82.5 Å². The van der Waals surface area contributed by atoms with Crippen molar-refractivity contribution < 1.29 is 4.42 Å². The molecule has 8 aromatic rings. The molecule has 3 heteroatoms. The molecular formula is C46H34N2O. The zero-order valence-corrected chi connectivity index (χ0v) is 27.4. The van der Waals surface area contributed by atoms with Crippen molar-refractivity contribution in [1.29, 1.82) is 0 Å². The highest BCUT2D eigenvalue weighted by molar-refractivity contribution is 6.35. The minimum Gasteiger partial charge on any atom is -0.454 e. The zero-order chi connectivity index (χ0) is 32.5. The molecule has 1 unspecified atom stereocenters. The maximum Gasteiger partial charge on any atom is 0.160 e. The average molecular weight is 631 g/mol. The van der Waals surface area contributed by atoms with Gasteiger partial charge >= 0.3 is 0 Å². The van der Waals surface area contributed by atoms with Crippen LogP contribution in [-0.2, 0) is 0 Å². The third kappa shape index (κ3) is 4.39. The molecule has 1 atom stereocenters. The number of pyridine rings is 1. The van der Waals surface area contributed by atoms with Gasteiger partial charge in [0.15, 0.2) is 5.58 Å². The van der Waals surface area contributed by atoms with Crippen molar-refractivity contribution in [3.8, 4) is 16.8 Å². The first kappa shape index (κ1) is 28.1. The van der Waals surface area contributed by atoms with Crippen LogP contribution < -0.4 is 0 Å². The van der Waals surface area contributed by atoms with E-state index in [4.69, 9.17) is 9.40 Å². The molecule has 0 saturated heterocycles. The third-order valence-corrected chi connectivity index (χ3v) is 10.5. The number of fused-ring (bicyclic) bond motifs is 10. The molecule has 0 aliphatic heterocycles. The topological polar surface area (TPSA) is 31.0 Å². The number of aromatic nitrogens is 2. The summed E-state index contributed by atoms with van der Waals surface area (Å²) in [5, 5.41) is 7.23. The molecule has 5 aromatic carbocycles. The van der Waals surface area contributed by atoms with Crippen LogP contribution in [0.4, 0.5) is 0 Å². The minimum atomic E-state index is 0.431. The summed E-state index contributed by atoms with van der Waals surface area (Å²) in [6.45, 7) is 2.30. The van der Waals surface area contributed by atoms with Gasteiger partial charge in [-0.15, -0.1) is 0 Å². The van der Waals surface area contributed by atoms with Crippen molar-refractivity contribution in [2.45, 2.75) is 26.2 Å². The quantitative estimate of drug-likeness (QED) is 0.194. The van der Waals surface area contributed by atoms with Crippen LogP contribution in [0.3, 0.4) is 0 Å². The second-order valence-electron chi connectivity index (χ2n) is 13.4. The Hall–Kier alpha value is -5.93. The van der Waals surface area contributed by atoms with E-state index in [0.717, 1.165) is 58.4 Å². The summed E-state index contributed by atoms with van der Waals surface area (Å²) in [4.78, 5) is 5.22. The number of para-hydroxylation sites is 2. The van der Waals surface area contributed by atoms with Crippen LogP contribution in [-0.4, -0.2) is 9.55 Å². The Bertz CT molecular complexity index is 2750. The molecule has 234 valence electrons. The Balaban J connectivity index is 1.20. The van der Waals surface area contributed by atoms with Gasteiger partial charge in [0.05, 0.1) is 22.4 Å². The second kappa shape index (κ2) is 11.1. The van der Waals surface area contributed by atoms with Gasteiger partial charge in [-0.3, -0.25) is 0 Å². The van der Waals surface area contributed by atoms with Crippen molar-refractivity contribution in [3.63, 3.8) is 0 Å². The van der Waals surface area contributed by atoms with E-state index >= 15 is 0 Å². The molecule has 10 rings (SSSR count). The highest BCUT2D eigenvalue weighted by atomic mass is 16.3. The smallest absolute Gasteiger partial charge is 0.160 e. The summed E-state index contributed by atoms with van der Waals surface area (Å²) >= 11 is 0. The highest BCUT2D eigenvalue weighted by Gasteiger charge is 2.23. The van der Waals surface area contributed by atoms with Crippen molar-refractivity contribution >= 4 is 65.7 Å². The minimum absolute atomic E-state index is 0.431. The van der Waals surface area contributed by atoms with Crippen molar-refractivity contribution in [2.75, 3.05) is 0 Å². The van der Waals surface area contributed by atoms with Gasteiger partial charge in [0, 0.05) is 27.2 Å². The van der Waals surface area contributed by atoms with Crippen LogP contribution in [0.5, 0.6) is 0 Å². The normalized spacial score (nSPS) is 16.3. The molecule has 0 amide bonds. The second-order valence-corrected chi connectivity index (χ2v) is 13.4. The molecule has 0 fully saturated rings. The number of hydrogen-bond donors (Lipinski definition) is 0. The lowest BCUT2D eigenvalue weighted by atomic mass is 9.89. The van der Waals surface area contributed by atoms with Gasteiger partial charge in [0.25, 0.3) is 0 Å². The number of rotatable bonds is 4. The Morgan fingerprint density at radius 2 is 1.43 bits per heavy atom. The SMILES string of the molecule is CC1CC=CC=C1c1cc(-c2ccc(-n3c4ccccc4c4c5ccccc5c5c6ccccc6oc5c43)cc2)cc(C2=CCCC=C2)n1. The fourth-order valence-electron chi connectivity index (χ4n) is 8.08. The van der Waals surface area contributed by atoms with Gasteiger partial charge in [0.2, 0.25) is 0 Å². The van der Waals surface area contributed by atoms with E-state index in [1.165, 1.54) is 54.7 Å². The summed E-state index contributed by atoms with van der Waals surface area (Å²) in [5.41, 5.74) is 12.2. The molecule has 0 spiro atoms. The van der Waals surface area contributed by atoms with Gasteiger partial charge in [-0.25, -0.2) is 4.98 Å². The van der Waals surface area contributed by atoms with Crippen molar-refractivity contribution in [3.05, 3.63) is 157 Å². The van der Waals surface area contributed by atoms with Crippen molar-refractivity contribution in [2.24, 2.45) is 5.92 Å². The first-order valence-corrected chi connectivity index (χ1v) is 17.3. The summed E-state index contributed by atoms with van der Waals surface area (Å²) in [5.74, 6) is 0.431. The lowest BCUT2D eigenvalue weighted by Crippen LogP contribution is -2.05. The molecule has 0 saturated carbocycles. The molecule has 3 nitrogen and oxygen atoms in total. The maximum absolute atomic E-state index is 6.76. The highest BCUT2D eigenvalue weighted by Crippen LogP contribution is 2.45. The van der Waals surface area contributed by atoms with E-state index in [2.05, 4.69) is 157 Å². The first-order valence-electron chi connectivity index (χ1n) is 17.3. The summed E-state index contributed by atoms with van der Waals surface area (Å²) in [6.07, 6.45) is 16.7. The summed E-state index contributed by atoms with van der Waals surface area (Å²) < 4.78 is 9.16. The average Bonchev–Trinajstić information content (AvgIpc) is 3.72. The fourth-order valence-corrected chi connectivity index (χ4v) is 8.08. The molecule has 3 aromatic heterocycles. The monoisotopic (exact) mass is 630 g/mol. The predicted octanol–water partition coefficient (Wildman–Crippen LogP) is 12.6. The van der Waals surface area contributed by atoms with Gasteiger partial charge < -0.3 is 8.98 Å². The Morgan fingerprint density at radius 3 is 2.22 bits per heavy atom. The maximum atomic E-state index is 6.76. The van der Waals surface area contributed by atoms with E-state index in [1.807, 2.05) is 0 Å². The van der Waals surface area contributed by atoms with Crippen LogP contribution in [0, 0.1) is 5.92 Å². The lowest BCUT2D eigenvalue weighted by molar-refractivity contribution is 0.671. The standard InChI is InChI=1S/C46H34N2O/c1-29-13-5-6-16-34(29)40-28-32(27-39(47-40)31-14-3-2-4-15-31)30-23-25-33(26-24-30)48-41-21-11-9-19-37(41)43-35-17-7-8-18-36(35)44-38-20-10-12-22-42(38)49-46(44)45(43)48/h3,5-12,14-29H,2,4,13H2,1H3. The van der Waals surface area contributed by atoms with Crippen LogP contribution in [0.1, 0.15) is 37.6 Å². The van der Waals surface area contributed by atoms with E-state index in [9.17, 15) is 0 Å². The van der Waals surface area contributed by atoms with Crippen LogP contribution in [0.2, 0.25) is 0 Å². The van der Waals surface area contributed by atoms with Crippen molar-refractivity contribution in [1.82, 2.24) is 9.55 Å². The molecule has 0 radical (unpaired) electrons. The first-order chi connectivity index (χ1) is 24.2. The van der Waals surface area contributed by atoms with Crippen LogP contribution >= 0.6 is 0 Å². The molecule has 2 aliphatic rings. The van der Waals surface area contributed by atoms with E-state index in [0.29, 0.717) is 5.92 Å². The number of nitrogens with zero attached hydrogens (tertiary/aromatic N) is 2. The Kier molecular flexibility index (Phi) is 6.35. The molecule has 49 heavy (non-hydrogen) atoms. The molecule has 2 aliphatic carbocycles. The van der Waals surface area contributed by atoms with Gasteiger partial charge in [-0.1, -0.05) is 116 Å². The van der Waals surface area contributed by atoms with E-state index < -0.39 is 0 Å².